The first-order valence-electron chi connectivity index (χ1n) is 11.4. The SMILES string of the molecule is O=C(Nc1ccccc1)Nc1ccc2ncnc(Nc3ccc(OCc4cccc(F)c4)c(Cl)c3)c2c1. The number of amides is 2. The number of halogens is 2. The van der Waals surface area contributed by atoms with Gasteiger partial charge in [-0.15, -0.1) is 0 Å². The first kappa shape index (κ1) is 24.0. The Balaban J connectivity index is 1.30. The van der Waals surface area contributed by atoms with Gasteiger partial charge in [0.1, 0.15) is 30.3 Å². The van der Waals surface area contributed by atoms with Gasteiger partial charge in [0.05, 0.1) is 10.5 Å². The van der Waals surface area contributed by atoms with Crippen molar-refractivity contribution >= 4 is 51.4 Å². The van der Waals surface area contributed by atoms with E-state index in [9.17, 15) is 9.18 Å². The van der Waals surface area contributed by atoms with Crippen LogP contribution in [-0.2, 0) is 6.61 Å². The molecule has 37 heavy (non-hydrogen) atoms. The van der Waals surface area contributed by atoms with Crippen molar-refractivity contribution < 1.29 is 13.9 Å². The molecule has 0 saturated heterocycles. The molecule has 3 N–H and O–H groups in total. The molecule has 0 atom stereocenters. The lowest BCUT2D eigenvalue weighted by molar-refractivity contribution is 0.262. The lowest BCUT2D eigenvalue weighted by Gasteiger charge is -2.13. The summed E-state index contributed by atoms with van der Waals surface area (Å²) in [6.45, 7) is 0.189. The van der Waals surface area contributed by atoms with Crippen LogP contribution >= 0.6 is 11.6 Å². The summed E-state index contributed by atoms with van der Waals surface area (Å²) in [5.41, 5.74) is 3.35. The molecule has 0 radical (unpaired) electrons. The highest BCUT2D eigenvalue weighted by Gasteiger charge is 2.10. The highest BCUT2D eigenvalue weighted by atomic mass is 35.5. The molecular weight excluding hydrogens is 493 g/mol. The molecule has 0 aliphatic carbocycles. The zero-order chi connectivity index (χ0) is 25.6. The fraction of sp³-hybridized carbons (Fsp3) is 0.0357. The molecular formula is C28H21ClFN5O2. The largest absolute Gasteiger partial charge is 0.487 e. The molecule has 5 aromatic rings. The third-order valence-electron chi connectivity index (χ3n) is 5.40. The van der Waals surface area contributed by atoms with Crippen LogP contribution in [0.3, 0.4) is 0 Å². The Morgan fingerprint density at radius 3 is 2.46 bits per heavy atom. The number of hydrogen-bond donors (Lipinski definition) is 3. The number of aromatic nitrogens is 2. The molecule has 0 saturated carbocycles. The van der Waals surface area contributed by atoms with Gasteiger partial charge in [-0.3, -0.25) is 0 Å². The van der Waals surface area contributed by atoms with E-state index in [2.05, 4.69) is 25.9 Å². The van der Waals surface area contributed by atoms with Crippen molar-refractivity contribution in [2.75, 3.05) is 16.0 Å². The Hall–Kier alpha value is -4.69. The Morgan fingerprint density at radius 2 is 1.65 bits per heavy atom. The van der Waals surface area contributed by atoms with Gasteiger partial charge < -0.3 is 20.7 Å². The average Bonchev–Trinajstić information content (AvgIpc) is 2.89. The van der Waals surface area contributed by atoms with Crippen LogP contribution in [0.5, 0.6) is 5.75 Å². The monoisotopic (exact) mass is 513 g/mol. The summed E-state index contributed by atoms with van der Waals surface area (Å²) in [6.07, 6.45) is 1.46. The predicted octanol–water partition coefficient (Wildman–Crippen LogP) is 7.39. The Bertz CT molecular complexity index is 1570. The van der Waals surface area contributed by atoms with Crippen LogP contribution in [-0.4, -0.2) is 16.0 Å². The van der Waals surface area contributed by atoms with Crippen molar-refractivity contribution in [3.8, 4) is 5.75 Å². The van der Waals surface area contributed by atoms with Crippen LogP contribution in [0, 0.1) is 5.82 Å². The van der Waals surface area contributed by atoms with Gasteiger partial charge in [-0.05, 0) is 66.2 Å². The van der Waals surface area contributed by atoms with Gasteiger partial charge in [0.25, 0.3) is 0 Å². The summed E-state index contributed by atoms with van der Waals surface area (Å²) in [5, 5.41) is 9.96. The van der Waals surface area contributed by atoms with Gasteiger partial charge >= 0.3 is 6.03 Å². The van der Waals surface area contributed by atoms with Gasteiger partial charge in [-0.1, -0.05) is 41.9 Å². The number of benzene rings is 4. The summed E-state index contributed by atoms with van der Waals surface area (Å²) in [7, 11) is 0. The minimum Gasteiger partial charge on any atom is -0.487 e. The fourth-order valence-corrected chi connectivity index (χ4v) is 3.90. The number of carbonyl (C=O) groups is 1. The molecule has 9 heteroatoms. The minimum atomic E-state index is -0.363. The molecule has 0 aliphatic heterocycles. The van der Waals surface area contributed by atoms with Crippen LogP contribution in [0.2, 0.25) is 5.02 Å². The van der Waals surface area contributed by atoms with E-state index in [1.807, 2.05) is 18.2 Å². The number of nitrogens with one attached hydrogen (secondary N) is 3. The van der Waals surface area contributed by atoms with Crippen molar-refractivity contribution in [1.82, 2.24) is 9.97 Å². The van der Waals surface area contributed by atoms with Crippen LogP contribution in [0.4, 0.5) is 32.1 Å². The second-order valence-corrected chi connectivity index (χ2v) is 8.50. The molecule has 184 valence electrons. The molecule has 1 aromatic heterocycles. The zero-order valence-electron chi connectivity index (χ0n) is 19.4. The second-order valence-electron chi connectivity index (χ2n) is 8.09. The molecule has 1 heterocycles. The Morgan fingerprint density at radius 1 is 0.838 bits per heavy atom. The molecule has 4 aromatic carbocycles. The van der Waals surface area contributed by atoms with Crippen molar-refractivity contribution in [1.29, 1.82) is 0 Å². The van der Waals surface area contributed by atoms with E-state index in [0.717, 1.165) is 0 Å². The van der Waals surface area contributed by atoms with E-state index in [4.69, 9.17) is 16.3 Å². The van der Waals surface area contributed by atoms with Crippen LogP contribution in [0.15, 0.2) is 97.3 Å². The molecule has 0 unspecified atom stereocenters. The standard InChI is InChI=1S/C28H21ClFN5O2/c29-24-15-22(10-12-26(24)37-16-18-5-4-6-19(30)13-18)33-27-23-14-21(9-11-25(23)31-17-32-27)35-28(36)34-20-7-2-1-3-8-20/h1-15,17H,16H2,(H,31,32,33)(H2,34,35,36). The number of ether oxygens (including phenoxy) is 1. The smallest absolute Gasteiger partial charge is 0.323 e. The highest BCUT2D eigenvalue weighted by molar-refractivity contribution is 6.32. The molecule has 0 bridgehead atoms. The maximum absolute atomic E-state index is 13.4. The summed E-state index contributed by atoms with van der Waals surface area (Å²) in [6, 6.07) is 25.6. The van der Waals surface area contributed by atoms with E-state index in [1.54, 1.807) is 60.7 Å². The number of carbonyl (C=O) groups excluding carboxylic acids is 1. The first-order valence-corrected chi connectivity index (χ1v) is 11.7. The number of fused-ring (bicyclic) bond motifs is 1. The maximum Gasteiger partial charge on any atom is 0.323 e. The molecule has 0 fully saturated rings. The topological polar surface area (TPSA) is 88.2 Å². The van der Waals surface area contributed by atoms with Crippen LogP contribution in [0.25, 0.3) is 10.9 Å². The predicted molar refractivity (Wildman–Crippen MR) is 144 cm³/mol. The Labute approximate surface area is 217 Å². The number of nitrogens with zero attached hydrogens (tertiary/aromatic N) is 2. The van der Waals surface area contributed by atoms with Gasteiger partial charge in [-0.25, -0.2) is 19.2 Å². The highest BCUT2D eigenvalue weighted by Crippen LogP contribution is 2.31. The van der Waals surface area contributed by atoms with Gasteiger partial charge in [0.15, 0.2) is 0 Å². The third kappa shape index (κ3) is 6.12. The van der Waals surface area contributed by atoms with E-state index in [0.29, 0.717) is 50.1 Å². The third-order valence-corrected chi connectivity index (χ3v) is 5.70. The summed E-state index contributed by atoms with van der Waals surface area (Å²) < 4.78 is 19.1. The Kier molecular flexibility index (Phi) is 7.09. The second kappa shape index (κ2) is 10.9. The molecule has 0 spiro atoms. The van der Waals surface area contributed by atoms with Crippen molar-refractivity contribution in [3.05, 3.63) is 114 Å². The van der Waals surface area contributed by atoms with Gasteiger partial charge in [0, 0.05) is 22.4 Å². The quantitative estimate of drug-likeness (QED) is 0.211. The van der Waals surface area contributed by atoms with E-state index in [-0.39, 0.29) is 18.5 Å². The lowest BCUT2D eigenvalue weighted by atomic mass is 10.2. The van der Waals surface area contributed by atoms with E-state index in [1.165, 1.54) is 18.5 Å². The van der Waals surface area contributed by atoms with Crippen LogP contribution in [0.1, 0.15) is 5.56 Å². The number of rotatable bonds is 7. The maximum atomic E-state index is 13.4. The first-order chi connectivity index (χ1) is 18.0. The van der Waals surface area contributed by atoms with E-state index >= 15 is 0 Å². The van der Waals surface area contributed by atoms with Crippen LogP contribution < -0.4 is 20.7 Å². The summed E-state index contributed by atoms with van der Waals surface area (Å²) >= 11 is 6.43. The van der Waals surface area contributed by atoms with Gasteiger partial charge in [-0.2, -0.15) is 0 Å². The summed E-state index contributed by atoms with van der Waals surface area (Å²) in [5.74, 6) is 0.695. The molecule has 0 aliphatic rings. The summed E-state index contributed by atoms with van der Waals surface area (Å²) in [4.78, 5) is 21.1. The minimum absolute atomic E-state index is 0.189. The molecule has 2 amide bonds. The average molecular weight is 514 g/mol. The van der Waals surface area contributed by atoms with E-state index < -0.39 is 0 Å². The number of hydrogen-bond acceptors (Lipinski definition) is 5. The van der Waals surface area contributed by atoms with Crippen molar-refractivity contribution in [2.24, 2.45) is 0 Å². The normalized spacial score (nSPS) is 10.6. The van der Waals surface area contributed by atoms with Crippen molar-refractivity contribution in [3.63, 3.8) is 0 Å². The number of para-hydroxylation sites is 1. The molecule has 7 nitrogen and oxygen atoms in total. The lowest BCUT2D eigenvalue weighted by Crippen LogP contribution is -2.19. The van der Waals surface area contributed by atoms with Crippen molar-refractivity contribution in [2.45, 2.75) is 6.61 Å². The number of urea groups is 1. The zero-order valence-corrected chi connectivity index (χ0v) is 20.2. The molecule has 5 rings (SSSR count). The fourth-order valence-electron chi connectivity index (χ4n) is 3.67. The number of anilines is 4. The van der Waals surface area contributed by atoms with Gasteiger partial charge in [0.2, 0.25) is 0 Å².